The third-order valence-electron chi connectivity index (χ3n) is 5.35. The number of hydrogen-bond acceptors (Lipinski definition) is 8. The first-order valence-corrected chi connectivity index (χ1v) is 15.3. The molecule has 1 aromatic carbocycles. The zero-order valence-electron chi connectivity index (χ0n) is 19.0. The van der Waals surface area contributed by atoms with E-state index >= 15 is 0 Å². The smallest absolute Gasteiger partial charge is 0.412 e. The van der Waals surface area contributed by atoms with Gasteiger partial charge in [0.1, 0.15) is 13.2 Å². The summed E-state index contributed by atoms with van der Waals surface area (Å²) >= 11 is 0. The van der Waals surface area contributed by atoms with Crippen LogP contribution in [0.4, 0.5) is 10.5 Å². The number of amides is 1. The van der Waals surface area contributed by atoms with Gasteiger partial charge >= 0.3 is 6.09 Å². The van der Waals surface area contributed by atoms with Crippen molar-refractivity contribution in [3.63, 3.8) is 0 Å². The molecule has 10 nitrogen and oxygen atoms in total. The van der Waals surface area contributed by atoms with Crippen LogP contribution in [-0.2, 0) is 30.1 Å². The summed E-state index contributed by atoms with van der Waals surface area (Å²) in [7, 11) is -5.45. The topological polar surface area (TPSA) is 125 Å². The van der Waals surface area contributed by atoms with Crippen molar-refractivity contribution in [2.75, 3.05) is 19.4 Å². The molecule has 32 heavy (non-hydrogen) atoms. The van der Waals surface area contributed by atoms with Crippen molar-refractivity contribution in [3.8, 4) is 0 Å². The first-order valence-electron chi connectivity index (χ1n) is 10.7. The minimum absolute atomic E-state index is 0.0504. The highest BCUT2D eigenvalue weighted by molar-refractivity contribution is 7.85. The number of ether oxygens (including phenoxy) is 1. The standard InChI is InChI=1S/C20H32N2O8SSi/c1-5-6-7-17-12-13-21(20(17,30-32(3)4)15-29-31(2,26)27)19(23)28-14-16-8-10-18(11-9-16)22(24)25/h8-11,17,32H,5-7,12-15H2,1-4H3. The molecule has 1 amide bonds. The lowest BCUT2D eigenvalue weighted by molar-refractivity contribution is -0.384. The van der Waals surface area contributed by atoms with Gasteiger partial charge < -0.3 is 9.16 Å². The van der Waals surface area contributed by atoms with E-state index < -0.39 is 35.9 Å². The fourth-order valence-electron chi connectivity index (χ4n) is 3.91. The van der Waals surface area contributed by atoms with Crippen LogP contribution >= 0.6 is 0 Å². The number of nitro groups is 1. The highest BCUT2D eigenvalue weighted by atomic mass is 32.2. The van der Waals surface area contributed by atoms with Crippen molar-refractivity contribution < 1.29 is 31.5 Å². The van der Waals surface area contributed by atoms with E-state index in [0.29, 0.717) is 18.5 Å². The van der Waals surface area contributed by atoms with Gasteiger partial charge in [0.05, 0.1) is 11.2 Å². The maximum atomic E-state index is 13.1. The van der Waals surface area contributed by atoms with Crippen LogP contribution in [0.3, 0.4) is 0 Å². The van der Waals surface area contributed by atoms with Gasteiger partial charge in [0.15, 0.2) is 14.8 Å². The number of nitro benzene ring substituents is 1. The van der Waals surface area contributed by atoms with Crippen LogP contribution < -0.4 is 0 Å². The molecule has 0 N–H and O–H groups in total. The highest BCUT2D eigenvalue weighted by Gasteiger charge is 2.53. The molecule has 180 valence electrons. The molecule has 1 heterocycles. The molecule has 12 heteroatoms. The minimum Gasteiger partial charge on any atom is -0.444 e. The van der Waals surface area contributed by atoms with Crippen LogP contribution in [0.25, 0.3) is 0 Å². The normalized spacial score (nSPS) is 21.2. The lowest BCUT2D eigenvalue weighted by Crippen LogP contribution is -2.58. The van der Waals surface area contributed by atoms with E-state index in [-0.39, 0.29) is 24.8 Å². The van der Waals surface area contributed by atoms with E-state index in [9.17, 15) is 23.3 Å². The van der Waals surface area contributed by atoms with Gasteiger partial charge in [-0.2, -0.15) is 8.42 Å². The maximum absolute atomic E-state index is 13.1. The van der Waals surface area contributed by atoms with Gasteiger partial charge in [0.25, 0.3) is 15.8 Å². The van der Waals surface area contributed by atoms with Crippen LogP contribution in [0.2, 0.25) is 13.1 Å². The SMILES string of the molecule is CCCCC1CCN(C(=O)OCc2ccc([N+](=O)[O-])cc2)C1(COS(C)(=O)=O)O[SiH](C)C. The van der Waals surface area contributed by atoms with Gasteiger partial charge in [-0.05, 0) is 43.6 Å². The molecule has 1 saturated heterocycles. The molecular weight excluding hydrogens is 456 g/mol. The zero-order chi connectivity index (χ0) is 23.9. The van der Waals surface area contributed by atoms with Crippen LogP contribution in [0.15, 0.2) is 24.3 Å². The first kappa shape index (κ1) is 26.2. The number of carbonyl (C=O) groups excluding carboxylic acids is 1. The molecule has 1 aliphatic rings. The molecule has 2 unspecified atom stereocenters. The lowest BCUT2D eigenvalue weighted by atomic mass is 9.91. The number of rotatable bonds is 11. The Morgan fingerprint density at radius 3 is 2.50 bits per heavy atom. The van der Waals surface area contributed by atoms with E-state index in [0.717, 1.165) is 25.5 Å². The molecule has 0 aliphatic carbocycles. The van der Waals surface area contributed by atoms with E-state index in [4.69, 9.17) is 13.3 Å². The van der Waals surface area contributed by atoms with Crippen molar-refractivity contribution in [1.82, 2.24) is 4.90 Å². The van der Waals surface area contributed by atoms with Crippen molar-refractivity contribution in [2.45, 2.75) is 58.0 Å². The second-order valence-corrected chi connectivity index (χ2v) is 12.2. The second-order valence-electron chi connectivity index (χ2n) is 8.24. The molecule has 2 atom stereocenters. The summed E-state index contributed by atoms with van der Waals surface area (Å²) in [6.45, 7) is 5.99. The highest BCUT2D eigenvalue weighted by Crippen LogP contribution is 2.41. The molecular formula is C20H32N2O8SSi. The third-order valence-corrected chi connectivity index (χ3v) is 6.78. The summed E-state index contributed by atoms with van der Waals surface area (Å²) in [5.41, 5.74) is -0.654. The van der Waals surface area contributed by atoms with Crippen molar-refractivity contribution in [1.29, 1.82) is 0 Å². The van der Waals surface area contributed by atoms with Gasteiger partial charge in [0.2, 0.25) is 0 Å². The average molecular weight is 489 g/mol. The molecule has 0 saturated carbocycles. The molecule has 2 rings (SSSR count). The van der Waals surface area contributed by atoms with Crippen LogP contribution in [0.5, 0.6) is 0 Å². The second kappa shape index (κ2) is 11.2. The molecule has 1 aromatic rings. The third kappa shape index (κ3) is 6.99. The van der Waals surface area contributed by atoms with Crippen LogP contribution in [0.1, 0.15) is 38.2 Å². The molecule has 0 aromatic heterocycles. The summed E-state index contributed by atoms with van der Waals surface area (Å²) in [5, 5.41) is 10.8. The van der Waals surface area contributed by atoms with E-state index in [1.165, 1.54) is 29.2 Å². The minimum atomic E-state index is -3.74. The summed E-state index contributed by atoms with van der Waals surface area (Å²) in [5.74, 6) is -0.0778. The Labute approximate surface area is 190 Å². The van der Waals surface area contributed by atoms with E-state index in [1.54, 1.807) is 0 Å². The Bertz CT molecular complexity index is 893. The Morgan fingerprint density at radius 1 is 1.31 bits per heavy atom. The maximum Gasteiger partial charge on any atom is 0.412 e. The van der Waals surface area contributed by atoms with E-state index in [2.05, 4.69) is 6.92 Å². The number of carbonyl (C=O) groups is 1. The predicted molar refractivity (Wildman–Crippen MR) is 121 cm³/mol. The zero-order valence-corrected chi connectivity index (χ0v) is 21.0. The fraction of sp³-hybridized carbons (Fsp3) is 0.650. The summed E-state index contributed by atoms with van der Waals surface area (Å²) in [6, 6.07) is 5.74. The van der Waals surface area contributed by atoms with Crippen LogP contribution in [-0.4, -0.2) is 58.5 Å². The predicted octanol–water partition coefficient (Wildman–Crippen LogP) is 3.42. The Balaban J connectivity index is 2.23. The van der Waals surface area contributed by atoms with Crippen molar-refractivity contribution in [2.24, 2.45) is 5.92 Å². The average Bonchev–Trinajstić information content (AvgIpc) is 3.06. The number of benzene rings is 1. The van der Waals surface area contributed by atoms with Gasteiger partial charge in [-0.3, -0.25) is 19.2 Å². The fourth-order valence-corrected chi connectivity index (χ4v) is 5.50. The number of unbranched alkanes of at least 4 members (excludes halogenated alkanes) is 1. The summed E-state index contributed by atoms with van der Waals surface area (Å²) < 4.78 is 40.5. The Hall–Kier alpha value is -2.02. The van der Waals surface area contributed by atoms with E-state index in [1.807, 2.05) is 13.1 Å². The number of hydrogen-bond donors (Lipinski definition) is 0. The largest absolute Gasteiger partial charge is 0.444 e. The van der Waals surface area contributed by atoms with Gasteiger partial charge in [0, 0.05) is 24.6 Å². The number of nitrogens with zero attached hydrogens (tertiary/aromatic N) is 2. The monoisotopic (exact) mass is 488 g/mol. The Kier molecular flexibility index (Phi) is 9.19. The molecule has 0 bridgehead atoms. The van der Waals surface area contributed by atoms with Crippen LogP contribution in [0, 0.1) is 16.0 Å². The molecule has 1 fully saturated rings. The number of non-ortho nitro benzene ring substituents is 1. The number of likely N-dealkylation sites (tertiary alicyclic amines) is 1. The first-order chi connectivity index (χ1) is 15.0. The summed E-state index contributed by atoms with van der Waals surface area (Å²) in [6.07, 6.45) is 3.65. The molecule has 1 aliphatic heterocycles. The quantitative estimate of drug-likeness (QED) is 0.201. The lowest BCUT2D eigenvalue weighted by Gasteiger charge is -2.42. The molecule has 0 spiro atoms. The van der Waals surface area contributed by atoms with Crippen molar-refractivity contribution in [3.05, 3.63) is 39.9 Å². The van der Waals surface area contributed by atoms with Gasteiger partial charge in [-0.25, -0.2) is 4.79 Å². The Morgan fingerprint density at radius 2 is 1.97 bits per heavy atom. The van der Waals surface area contributed by atoms with Gasteiger partial charge in [-0.15, -0.1) is 0 Å². The van der Waals surface area contributed by atoms with Gasteiger partial charge in [-0.1, -0.05) is 19.8 Å². The van der Waals surface area contributed by atoms with Crippen molar-refractivity contribution >= 4 is 30.9 Å². The summed E-state index contributed by atoms with van der Waals surface area (Å²) in [4.78, 5) is 24.8. The molecule has 0 radical (unpaired) electrons.